The Hall–Kier alpha value is -0.0800. The second kappa shape index (κ2) is 9.17. The predicted molar refractivity (Wildman–Crippen MR) is 67.0 cm³/mol. The lowest BCUT2D eigenvalue weighted by atomic mass is 9.93. The number of nitrogens with two attached hydrogens (primary N) is 1. The quantitative estimate of drug-likeness (QED) is 0.640. The molecule has 2 heteroatoms. The first-order chi connectivity index (χ1) is 7.15. The van der Waals surface area contributed by atoms with Crippen molar-refractivity contribution in [1.29, 1.82) is 0 Å². The van der Waals surface area contributed by atoms with E-state index in [0.717, 1.165) is 31.8 Å². The largest absolute Gasteiger partial charge is 0.377 e. The summed E-state index contributed by atoms with van der Waals surface area (Å²) in [6.45, 7) is 9.53. The number of hydrogen-bond acceptors (Lipinski definition) is 2. The van der Waals surface area contributed by atoms with Crippen LogP contribution in [0.25, 0.3) is 0 Å². The van der Waals surface area contributed by atoms with Gasteiger partial charge in [-0.05, 0) is 25.7 Å². The highest BCUT2D eigenvalue weighted by molar-refractivity contribution is 4.75. The SMILES string of the molecule is CCCC(C)CC(N)C(CCC)OCC. The van der Waals surface area contributed by atoms with Gasteiger partial charge in [0, 0.05) is 12.6 Å². The summed E-state index contributed by atoms with van der Waals surface area (Å²) in [5.41, 5.74) is 6.20. The van der Waals surface area contributed by atoms with Crippen molar-refractivity contribution in [3.05, 3.63) is 0 Å². The minimum Gasteiger partial charge on any atom is -0.377 e. The Bertz CT molecular complexity index is 132. The fraction of sp³-hybridized carbons (Fsp3) is 1.00. The van der Waals surface area contributed by atoms with E-state index in [1.807, 2.05) is 6.92 Å². The smallest absolute Gasteiger partial charge is 0.0725 e. The average Bonchev–Trinajstić information content (AvgIpc) is 2.17. The van der Waals surface area contributed by atoms with Crippen LogP contribution in [-0.4, -0.2) is 18.8 Å². The molecule has 0 radical (unpaired) electrons. The van der Waals surface area contributed by atoms with Gasteiger partial charge in [0.25, 0.3) is 0 Å². The molecule has 0 amide bonds. The van der Waals surface area contributed by atoms with Crippen molar-refractivity contribution in [3.63, 3.8) is 0 Å². The van der Waals surface area contributed by atoms with Crippen LogP contribution in [0.3, 0.4) is 0 Å². The van der Waals surface area contributed by atoms with E-state index in [-0.39, 0.29) is 12.1 Å². The minimum absolute atomic E-state index is 0.214. The van der Waals surface area contributed by atoms with Gasteiger partial charge in [-0.2, -0.15) is 0 Å². The molecule has 0 rings (SSSR count). The van der Waals surface area contributed by atoms with Gasteiger partial charge in [-0.3, -0.25) is 0 Å². The maximum Gasteiger partial charge on any atom is 0.0725 e. The Labute approximate surface area is 95.6 Å². The van der Waals surface area contributed by atoms with Gasteiger partial charge >= 0.3 is 0 Å². The molecule has 0 heterocycles. The summed E-state index contributed by atoms with van der Waals surface area (Å²) >= 11 is 0. The molecule has 2 N–H and O–H groups in total. The van der Waals surface area contributed by atoms with E-state index in [1.54, 1.807) is 0 Å². The summed E-state index contributed by atoms with van der Waals surface area (Å²) in [4.78, 5) is 0. The molecule has 0 aliphatic heterocycles. The molecule has 0 spiro atoms. The van der Waals surface area contributed by atoms with Gasteiger partial charge in [-0.1, -0.05) is 40.0 Å². The molecule has 0 aromatic heterocycles. The summed E-state index contributed by atoms with van der Waals surface area (Å²) in [6.07, 6.45) is 6.13. The van der Waals surface area contributed by atoms with Gasteiger partial charge in [0.1, 0.15) is 0 Å². The molecule has 2 nitrogen and oxygen atoms in total. The van der Waals surface area contributed by atoms with Gasteiger partial charge in [0.2, 0.25) is 0 Å². The Balaban J connectivity index is 3.93. The lowest BCUT2D eigenvalue weighted by Crippen LogP contribution is -2.38. The topological polar surface area (TPSA) is 35.2 Å². The molecule has 0 aliphatic carbocycles. The van der Waals surface area contributed by atoms with Crippen molar-refractivity contribution < 1.29 is 4.74 Å². The second-order valence-corrected chi connectivity index (χ2v) is 4.58. The molecule has 0 aliphatic rings. The third-order valence-electron chi connectivity index (χ3n) is 2.89. The summed E-state index contributed by atoms with van der Waals surface area (Å²) in [6, 6.07) is 0.214. The summed E-state index contributed by atoms with van der Waals surface area (Å²) in [7, 11) is 0. The van der Waals surface area contributed by atoms with Crippen LogP contribution >= 0.6 is 0 Å². The van der Waals surface area contributed by atoms with Crippen LogP contribution in [-0.2, 0) is 4.74 Å². The van der Waals surface area contributed by atoms with E-state index in [0.29, 0.717) is 0 Å². The lowest BCUT2D eigenvalue weighted by Gasteiger charge is -2.25. The first kappa shape index (κ1) is 14.9. The maximum absolute atomic E-state index is 6.20. The summed E-state index contributed by atoms with van der Waals surface area (Å²) in [5.74, 6) is 0.727. The number of ether oxygens (including phenoxy) is 1. The molecule has 3 unspecified atom stereocenters. The molecular formula is C13H29NO. The third-order valence-corrected chi connectivity index (χ3v) is 2.89. The van der Waals surface area contributed by atoms with Crippen LogP contribution < -0.4 is 5.73 Å². The fourth-order valence-electron chi connectivity index (χ4n) is 2.15. The van der Waals surface area contributed by atoms with Crippen LogP contribution in [0.15, 0.2) is 0 Å². The van der Waals surface area contributed by atoms with E-state index in [1.165, 1.54) is 12.8 Å². The Morgan fingerprint density at radius 2 is 1.67 bits per heavy atom. The highest BCUT2D eigenvalue weighted by Gasteiger charge is 2.19. The zero-order chi connectivity index (χ0) is 11.7. The second-order valence-electron chi connectivity index (χ2n) is 4.58. The average molecular weight is 215 g/mol. The van der Waals surface area contributed by atoms with Crippen molar-refractivity contribution in [2.24, 2.45) is 11.7 Å². The van der Waals surface area contributed by atoms with E-state index >= 15 is 0 Å². The van der Waals surface area contributed by atoms with Crippen molar-refractivity contribution in [1.82, 2.24) is 0 Å². The Morgan fingerprint density at radius 3 is 2.13 bits per heavy atom. The van der Waals surface area contributed by atoms with Crippen LogP contribution in [0.5, 0.6) is 0 Å². The van der Waals surface area contributed by atoms with Gasteiger partial charge in [-0.15, -0.1) is 0 Å². The first-order valence-electron chi connectivity index (χ1n) is 6.52. The van der Waals surface area contributed by atoms with Crippen LogP contribution in [0, 0.1) is 5.92 Å². The molecule has 92 valence electrons. The van der Waals surface area contributed by atoms with E-state index in [4.69, 9.17) is 10.5 Å². The maximum atomic E-state index is 6.20. The zero-order valence-corrected chi connectivity index (χ0v) is 11.0. The van der Waals surface area contributed by atoms with Gasteiger partial charge < -0.3 is 10.5 Å². The normalized spacial score (nSPS) is 17.4. The van der Waals surface area contributed by atoms with Crippen molar-refractivity contribution >= 4 is 0 Å². The molecule has 3 atom stereocenters. The number of hydrogen-bond donors (Lipinski definition) is 1. The van der Waals surface area contributed by atoms with Gasteiger partial charge in [0.15, 0.2) is 0 Å². The molecule has 0 saturated heterocycles. The monoisotopic (exact) mass is 215 g/mol. The van der Waals surface area contributed by atoms with Gasteiger partial charge in [0.05, 0.1) is 6.10 Å². The molecule has 0 fully saturated rings. The van der Waals surface area contributed by atoms with Crippen molar-refractivity contribution in [3.8, 4) is 0 Å². The summed E-state index contributed by atoms with van der Waals surface area (Å²) < 4.78 is 5.70. The molecule has 0 aromatic carbocycles. The van der Waals surface area contributed by atoms with Crippen LogP contribution in [0.4, 0.5) is 0 Å². The van der Waals surface area contributed by atoms with E-state index < -0.39 is 0 Å². The first-order valence-corrected chi connectivity index (χ1v) is 6.52. The lowest BCUT2D eigenvalue weighted by molar-refractivity contribution is 0.0322. The predicted octanol–water partition coefficient (Wildman–Crippen LogP) is 3.35. The van der Waals surface area contributed by atoms with Crippen molar-refractivity contribution in [2.45, 2.75) is 71.9 Å². The number of rotatable bonds is 9. The van der Waals surface area contributed by atoms with E-state index in [9.17, 15) is 0 Å². The summed E-state index contributed by atoms with van der Waals surface area (Å²) in [5, 5.41) is 0. The Kier molecular flexibility index (Phi) is 9.12. The fourth-order valence-corrected chi connectivity index (χ4v) is 2.15. The molecule has 0 saturated carbocycles. The molecular weight excluding hydrogens is 186 g/mol. The standard InChI is InChI=1S/C13H29NO/c1-5-8-11(4)10-12(14)13(9-6-2)15-7-3/h11-13H,5-10,14H2,1-4H3. The van der Waals surface area contributed by atoms with E-state index in [2.05, 4.69) is 20.8 Å². The molecule has 0 aromatic rings. The minimum atomic E-state index is 0.214. The van der Waals surface area contributed by atoms with Crippen LogP contribution in [0.1, 0.15) is 59.8 Å². The highest BCUT2D eigenvalue weighted by atomic mass is 16.5. The Morgan fingerprint density at radius 1 is 1.07 bits per heavy atom. The molecule has 0 bridgehead atoms. The van der Waals surface area contributed by atoms with Crippen molar-refractivity contribution in [2.75, 3.05) is 6.61 Å². The zero-order valence-electron chi connectivity index (χ0n) is 11.0. The highest BCUT2D eigenvalue weighted by Crippen LogP contribution is 2.17. The van der Waals surface area contributed by atoms with Crippen LogP contribution in [0.2, 0.25) is 0 Å². The molecule has 15 heavy (non-hydrogen) atoms. The van der Waals surface area contributed by atoms with Gasteiger partial charge in [-0.25, -0.2) is 0 Å². The third kappa shape index (κ3) is 6.91.